The molecule has 1 nitrogen and oxygen atoms in total. The number of nitrogens with zero attached hydrogens (tertiary/aromatic N) is 1. The fourth-order valence-corrected chi connectivity index (χ4v) is 10.6. The first-order valence-corrected chi connectivity index (χ1v) is 19.1. The van der Waals surface area contributed by atoms with Gasteiger partial charge in [0, 0.05) is 0 Å². The van der Waals surface area contributed by atoms with E-state index in [9.17, 15) is 0 Å². The summed E-state index contributed by atoms with van der Waals surface area (Å²) in [4.78, 5) is 4.94. The van der Waals surface area contributed by atoms with Crippen molar-refractivity contribution in [3.05, 3.63) is 72.4 Å². The Kier molecular flexibility index (Phi) is 4.80. The average Bonchev–Trinajstić information content (AvgIpc) is 3.10. The van der Waals surface area contributed by atoms with Crippen LogP contribution in [-0.2, 0) is 5.41 Å². The molecule has 0 saturated heterocycles. The number of pyridine rings is 1. The van der Waals surface area contributed by atoms with Gasteiger partial charge >= 0.3 is 192 Å². The molecule has 0 radical (unpaired) electrons. The molecule has 5 rings (SSSR count). The summed E-state index contributed by atoms with van der Waals surface area (Å²) in [7, 11) is 0. The van der Waals surface area contributed by atoms with Crippen LogP contribution in [0.5, 0.6) is 0 Å². The summed E-state index contributed by atoms with van der Waals surface area (Å²) in [6.07, 6.45) is 1.98. The first-order chi connectivity index (χ1) is 14.6. The number of hydrogen-bond acceptors (Lipinski definition) is 2. The normalized spacial score (nSPS) is 12.8. The number of hydrogen-bond donors (Lipinski definition) is 0. The van der Waals surface area contributed by atoms with E-state index in [1.54, 1.807) is 4.40 Å². The van der Waals surface area contributed by atoms with Crippen molar-refractivity contribution in [1.82, 2.24) is 4.98 Å². The molecule has 0 amide bonds. The summed E-state index contributed by atoms with van der Waals surface area (Å²) in [5.74, 6) is 7.45. The minimum atomic E-state index is -1.98. The molecule has 0 saturated carbocycles. The van der Waals surface area contributed by atoms with Crippen molar-refractivity contribution >= 4 is 59.9 Å². The maximum absolute atomic E-state index is 4.94. The number of thiophene rings is 1. The van der Waals surface area contributed by atoms with E-state index in [-0.39, 0.29) is 5.41 Å². The van der Waals surface area contributed by atoms with E-state index in [1.165, 1.54) is 42.1 Å². The number of fused-ring (bicyclic) bond motifs is 4. The van der Waals surface area contributed by atoms with Crippen LogP contribution in [0.1, 0.15) is 26.3 Å². The van der Waals surface area contributed by atoms with Crippen molar-refractivity contribution in [2.24, 2.45) is 0 Å². The van der Waals surface area contributed by atoms with Crippen LogP contribution in [0.3, 0.4) is 0 Å². The van der Waals surface area contributed by atoms with Crippen molar-refractivity contribution in [2.45, 2.75) is 43.5 Å². The fourth-order valence-electron chi connectivity index (χ4n) is 4.62. The van der Waals surface area contributed by atoms with Gasteiger partial charge in [0.2, 0.25) is 0 Å². The molecule has 0 N–H and O–H groups in total. The molecule has 0 aliphatic rings. The first-order valence-electron chi connectivity index (χ1n) is 11.0. The SMILES string of the molecule is CC(C)(C)c1cc(-c2nccc3sc4[c]([Ge]([CH3])([CH3])[CH3])cccc4c23)cc2ccccc12. The molecule has 0 fully saturated rings. The van der Waals surface area contributed by atoms with E-state index < -0.39 is 13.3 Å². The van der Waals surface area contributed by atoms with Gasteiger partial charge in [-0.3, -0.25) is 0 Å². The van der Waals surface area contributed by atoms with E-state index >= 15 is 0 Å². The molecule has 2 heterocycles. The number of benzene rings is 3. The third-order valence-electron chi connectivity index (χ3n) is 6.16. The minimum absolute atomic E-state index is 0.0627. The Morgan fingerprint density at radius 3 is 2.32 bits per heavy atom. The van der Waals surface area contributed by atoms with Crippen LogP contribution in [0, 0.1) is 0 Å². The quantitative estimate of drug-likeness (QED) is 0.231. The van der Waals surface area contributed by atoms with E-state index in [0.717, 1.165) is 5.69 Å². The van der Waals surface area contributed by atoms with Crippen molar-refractivity contribution in [3.63, 3.8) is 0 Å². The zero-order chi connectivity index (χ0) is 22.0. The van der Waals surface area contributed by atoms with Crippen LogP contribution < -0.4 is 4.40 Å². The monoisotopic (exact) mass is 485 g/mol. The maximum atomic E-state index is 4.94. The third-order valence-corrected chi connectivity index (χ3v) is 12.0. The predicted molar refractivity (Wildman–Crippen MR) is 142 cm³/mol. The van der Waals surface area contributed by atoms with Crippen LogP contribution >= 0.6 is 11.3 Å². The second-order valence-electron chi connectivity index (χ2n) is 10.6. The number of aromatic nitrogens is 1. The van der Waals surface area contributed by atoms with E-state index in [1.807, 2.05) is 17.5 Å². The van der Waals surface area contributed by atoms with Crippen molar-refractivity contribution in [3.8, 4) is 11.3 Å². The van der Waals surface area contributed by atoms with Crippen LogP contribution in [0.15, 0.2) is 66.9 Å². The van der Waals surface area contributed by atoms with Gasteiger partial charge in [-0.25, -0.2) is 0 Å². The second-order valence-corrected chi connectivity index (χ2v) is 22.2. The molecule has 31 heavy (non-hydrogen) atoms. The summed E-state index contributed by atoms with van der Waals surface area (Å²) in [6, 6.07) is 22.5. The standard InChI is InChI=1S/C28H29GeNS/c1-28(2,3)22-17-19(16-18-10-7-8-11-20(18)22)26-25-21-12-9-13-23(29(4,5)6)27(21)31-24(25)14-15-30-26/h7-17H,1-6H3. The van der Waals surface area contributed by atoms with Crippen LogP contribution in [-0.4, -0.2) is 18.3 Å². The van der Waals surface area contributed by atoms with Gasteiger partial charge in [0.1, 0.15) is 0 Å². The van der Waals surface area contributed by atoms with Crippen LogP contribution in [0.25, 0.3) is 42.2 Å². The molecular formula is C28H29GeNS. The Bertz CT molecular complexity index is 1450. The molecule has 5 aromatic rings. The molecule has 3 aromatic carbocycles. The summed E-state index contributed by atoms with van der Waals surface area (Å²) >= 11 is -0.0338. The molecule has 0 aliphatic heterocycles. The Hall–Kier alpha value is -2.17. The second kappa shape index (κ2) is 7.18. The first kappa shape index (κ1) is 20.7. The molecule has 2 aromatic heterocycles. The van der Waals surface area contributed by atoms with E-state index in [0.29, 0.717) is 0 Å². The fraction of sp³-hybridized carbons (Fsp3) is 0.250. The van der Waals surface area contributed by atoms with Gasteiger partial charge in [-0.1, -0.05) is 0 Å². The zero-order valence-corrected chi connectivity index (χ0v) is 22.1. The van der Waals surface area contributed by atoms with Crippen molar-refractivity contribution in [1.29, 1.82) is 0 Å². The van der Waals surface area contributed by atoms with Crippen LogP contribution in [0.4, 0.5) is 0 Å². The van der Waals surface area contributed by atoms with Gasteiger partial charge < -0.3 is 0 Å². The molecule has 0 aliphatic carbocycles. The Morgan fingerprint density at radius 1 is 0.839 bits per heavy atom. The average molecular weight is 484 g/mol. The number of rotatable bonds is 2. The molecule has 0 unspecified atom stereocenters. The van der Waals surface area contributed by atoms with Gasteiger partial charge in [-0.05, 0) is 0 Å². The molecule has 3 heteroatoms. The molecule has 0 spiro atoms. The van der Waals surface area contributed by atoms with E-state index in [4.69, 9.17) is 4.98 Å². The molecule has 0 atom stereocenters. The van der Waals surface area contributed by atoms with E-state index in [2.05, 4.69) is 98.7 Å². The third kappa shape index (κ3) is 3.50. The predicted octanol–water partition coefficient (Wildman–Crippen LogP) is 8.11. The summed E-state index contributed by atoms with van der Waals surface area (Å²) in [5.41, 5.74) is 3.77. The van der Waals surface area contributed by atoms with Gasteiger partial charge in [0.25, 0.3) is 0 Å². The molecular weight excluding hydrogens is 455 g/mol. The van der Waals surface area contributed by atoms with Gasteiger partial charge in [0.05, 0.1) is 0 Å². The summed E-state index contributed by atoms with van der Waals surface area (Å²) < 4.78 is 4.40. The molecule has 0 bridgehead atoms. The van der Waals surface area contributed by atoms with Gasteiger partial charge in [-0.15, -0.1) is 0 Å². The van der Waals surface area contributed by atoms with Gasteiger partial charge in [0.15, 0.2) is 0 Å². The van der Waals surface area contributed by atoms with Crippen molar-refractivity contribution < 1.29 is 0 Å². The molecule has 156 valence electrons. The summed E-state index contributed by atoms with van der Waals surface area (Å²) in [6.45, 7) is 6.90. The van der Waals surface area contributed by atoms with Gasteiger partial charge in [-0.2, -0.15) is 0 Å². The van der Waals surface area contributed by atoms with Crippen molar-refractivity contribution in [2.75, 3.05) is 0 Å². The zero-order valence-electron chi connectivity index (χ0n) is 19.2. The Labute approximate surface area is 191 Å². The Morgan fingerprint density at radius 2 is 1.58 bits per heavy atom. The summed E-state index contributed by atoms with van der Waals surface area (Å²) in [5, 5.41) is 5.30. The van der Waals surface area contributed by atoms with Crippen LogP contribution in [0.2, 0.25) is 17.3 Å². The topological polar surface area (TPSA) is 12.9 Å². The Balaban J connectivity index is 1.87.